The second-order valence-electron chi connectivity index (χ2n) is 0.871. The normalized spacial score (nSPS) is 8.14. The van der Waals surface area contributed by atoms with Crippen LogP contribution in [0.15, 0.2) is 0 Å². The molecule has 0 heterocycles. The largest absolute Gasteiger partial charge is 0.480 e. The van der Waals surface area contributed by atoms with Gasteiger partial charge in [-0.1, -0.05) is 0 Å². The molecule has 7 heavy (non-hydrogen) atoms. The monoisotopic (exact) mass is 104 g/mol. The molecule has 0 aliphatic rings. The van der Waals surface area contributed by atoms with Crippen molar-refractivity contribution in [2.75, 3.05) is 6.61 Å². The molecule has 0 atom stereocenters. The molecular formula is C2H5BO4. The maximum atomic E-state index is 9.52. The Morgan fingerprint density at radius 3 is 2.57 bits per heavy atom. The van der Waals surface area contributed by atoms with E-state index in [0.717, 1.165) is 0 Å². The number of hydrogen-bond donors (Lipinski definition) is 2. The highest BCUT2D eigenvalue weighted by atomic mass is 16.5. The number of aliphatic carboxylic acids is 1. The molecule has 0 spiro atoms. The minimum absolute atomic E-state index is 0.434. The molecule has 0 radical (unpaired) electrons. The molecule has 2 N–H and O–H groups in total. The van der Waals surface area contributed by atoms with Crippen LogP contribution in [0.1, 0.15) is 0 Å². The Kier molecular flexibility index (Phi) is 3.35. The molecule has 0 aromatic carbocycles. The Morgan fingerprint density at radius 2 is 2.43 bits per heavy atom. The molecule has 0 aromatic rings. The van der Waals surface area contributed by atoms with Crippen LogP contribution in [-0.2, 0) is 9.45 Å². The van der Waals surface area contributed by atoms with Crippen LogP contribution >= 0.6 is 0 Å². The van der Waals surface area contributed by atoms with Crippen LogP contribution in [0.25, 0.3) is 0 Å². The van der Waals surface area contributed by atoms with Crippen molar-refractivity contribution >= 4 is 13.7 Å². The Balaban J connectivity index is 2.82. The second-order valence-corrected chi connectivity index (χ2v) is 0.871. The zero-order valence-electron chi connectivity index (χ0n) is 3.63. The van der Waals surface area contributed by atoms with Gasteiger partial charge in [0.15, 0.2) is 0 Å². The molecule has 0 saturated carbocycles. The lowest BCUT2D eigenvalue weighted by molar-refractivity contribution is -0.139. The summed E-state index contributed by atoms with van der Waals surface area (Å²) in [6, 6.07) is 0. The van der Waals surface area contributed by atoms with Gasteiger partial charge in [0.1, 0.15) is 6.61 Å². The van der Waals surface area contributed by atoms with Gasteiger partial charge < -0.3 is 14.8 Å². The van der Waals surface area contributed by atoms with E-state index in [2.05, 4.69) is 4.65 Å². The van der Waals surface area contributed by atoms with Gasteiger partial charge in [0.05, 0.1) is 0 Å². The molecule has 0 rings (SSSR count). The van der Waals surface area contributed by atoms with E-state index in [4.69, 9.17) is 10.1 Å². The average molecular weight is 104 g/mol. The van der Waals surface area contributed by atoms with E-state index in [0.29, 0.717) is 0 Å². The third-order valence-electron chi connectivity index (χ3n) is 0.317. The van der Waals surface area contributed by atoms with Gasteiger partial charge in [-0.05, 0) is 0 Å². The summed E-state index contributed by atoms with van der Waals surface area (Å²) in [7, 11) is -0.535. The highest BCUT2D eigenvalue weighted by Gasteiger charge is 1.92. The summed E-state index contributed by atoms with van der Waals surface area (Å²) in [6.07, 6.45) is 0. The summed E-state index contributed by atoms with van der Waals surface area (Å²) < 4.78 is 4.05. The highest BCUT2D eigenvalue weighted by molar-refractivity contribution is 6.16. The van der Waals surface area contributed by atoms with Gasteiger partial charge in [0.2, 0.25) is 0 Å². The molecule has 0 aliphatic heterocycles. The van der Waals surface area contributed by atoms with E-state index < -0.39 is 20.3 Å². The summed E-state index contributed by atoms with van der Waals surface area (Å²) in [5, 5.41) is 15.6. The molecule has 0 fully saturated rings. The predicted molar refractivity (Wildman–Crippen MR) is 23.0 cm³/mol. The number of carbonyl (C=O) groups is 1. The topological polar surface area (TPSA) is 66.8 Å². The van der Waals surface area contributed by atoms with E-state index in [1.807, 2.05) is 0 Å². The number of rotatable bonds is 3. The molecular weight excluding hydrogens is 98.8 g/mol. The van der Waals surface area contributed by atoms with E-state index in [1.54, 1.807) is 0 Å². The summed E-state index contributed by atoms with van der Waals surface area (Å²) in [5.41, 5.74) is 0. The second kappa shape index (κ2) is 3.64. The van der Waals surface area contributed by atoms with E-state index in [-0.39, 0.29) is 0 Å². The Morgan fingerprint density at radius 1 is 1.86 bits per heavy atom. The van der Waals surface area contributed by atoms with Crippen LogP contribution < -0.4 is 0 Å². The van der Waals surface area contributed by atoms with Gasteiger partial charge in [-0.15, -0.1) is 0 Å². The van der Waals surface area contributed by atoms with Crippen LogP contribution in [0.2, 0.25) is 0 Å². The SMILES string of the molecule is O=C(O)COBO. The van der Waals surface area contributed by atoms with Crippen LogP contribution in [-0.4, -0.2) is 30.4 Å². The minimum Gasteiger partial charge on any atom is -0.480 e. The average Bonchev–Trinajstić information content (AvgIpc) is 1.61. The zero-order valence-corrected chi connectivity index (χ0v) is 3.63. The summed E-state index contributed by atoms with van der Waals surface area (Å²) in [4.78, 5) is 9.52. The first kappa shape index (κ1) is 6.45. The van der Waals surface area contributed by atoms with Crippen LogP contribution in [0.3, 0.4) is 0 Å². The molecule has 4 nitrogen and oxygen atoms in total. The molecule has 5 heteroatoms. The van der Waals surface area contributed by atoms with Crippen molar-refractivity contribution in [3.63, 3.8) is 0 Å². The number of carboxylic acids is 1. The quantitative estimate of drug-likeness (QED) is 0.420. The van der Waals surface area contributed by atoms with Crippen molar-refractivity contribution in [1.82, 2.24) is 0 Å². The van der Waals surface area contributed by atoms with E-state index in [9.17, 15) is 4.79 Å². The van der Waals surface area contributed by atoms with Gasteiger partial charge in [-0.2, -0.15) is 0 Å². The first-order chi connectivity index (χ1) is 3.27. The van der Waals surface area contributed by atoms with Gasteiger partial charge in [0.25, 0.3) is 0 Å². The molecule has 0 aromatic heterocycles. The van der Waals surface area contributed by atoms with Crippen molar-refractivity contribution < 1.29 is 19.6 Å². The molecule has 0 amide bonds. The number of hydrogen-bond acceptors (Lipinski definition) is 3. The van der Waals surface area contributed by atoms with Gasteiger partial charge >= 0.3 is 13.7 Å². The Hall–Kier alpha value is -0.545. The fourth-order valence-electron chi connectivity index (χ4n) is 0.133. The third-order valence-corrected chi connectivity index (χ3v) is 0.317. The summed E-state index contributed by atoms with van der Waals surface area (Å²) in [5.74, 6) is -1.07. The lowest BCUT2D eigenvalue weighted by Crippen LogP contribution is -2.08. The van der Waals surface area contributed by atoms with Crippen molar-refractivity contribution in [2.45, 2.75) is 0 Å². The highest BCUT2D eigenvalue weighted by Crippen LogP contribution is 1.65. The molecule has 40 valence electrons. The first-order valence-electron chi connectivity index (χ1n) is 1.67. The van der Waals surface area contributed by atoms with Gasteiger partial charge in [-0.25, -0.2) is 4.79 Å². The summed E-state index contributed by atoms with van der Waals surface area (Å²) >= 11 is 0. The smallest absolute Gasteiger partial charge is 0.435 e. The maximum Gasteiger partial charge on any atom is 0.435 e. The minimum atomic E-state index is -1.07. The van der Waals surface area contributed by atoms with Crippen LogP contribution in [0.4, 0.5) is 0 Å². The van der Waals surface area contributed by atoms with Crippen molar-refractivity contribution in [1.29, 1.82) is 0 Å². The van der Waals surface area contributed by atoms with Crippen LogP contribution in [0.5, 0.6) is 0 Å². The number of carboxylic acid groups (broad SMARTS) is 1. The fraction of sp³-hybridized carbons (Fsp3) is 0.500. The van der Waals surface area contributed by atoms with Crippen LogP contribution in [0, 0.1) is 0 Å². The summed E-state index contributed by atoms with van der Waals surface area (Å²) in [6.45, 7) is -0.434. The van der Waals surface area contributed by atoms with Gasteiger partial charge in [-0.3, -0.25) is 0 Å². The Bertz CT molecular complexity index is 62.7. The fourth-order valence-corrected chi connectivity index (χ4v) is 0.133. The lowest BCUT2D eigenvalue weighted by Gasteiger charge is -1.88. The van der Waals surface area contributed by atoms with E-state index in [1.165, 1.54) is 0 Å². The molecule has 0 bridgehead atoms. The van der Waals surface area contributed by atoms with Gasteiger partial charge in [0, 0.05) is 0 Å². The standard InChI is InChI=1S/C2H5BO4/c4-2(5)1-7-3-6/h3,6H,1H2,(H,4,5). The lowest BCUT2D eigenvalue weighted by atomic mass is 10.4. The predicted octanol–water partition coefficient (Wildman–Crippen LogP) is -1.65. The first-order valence-corrected chi connectivity index (χ1v) is 1.67. The van der Waals surface area contributed by atoms with Crippen molar-refractivity contribution in [3.05, 3.63) is 0 Å². The van der Waals surface area contributed by atoms with E-state index >= 15 is 0 Å². The molecule has 0 saturated heterocycles. The zero-order chi connectivity index (χ0) is 5.70. The molecule has 0 unspecified atom stereocenters. The van der Waals surface area contributed by atoms with Crippen molar-refractivity contribution in [2.24, 2.45) is 0 Å². The Labute approximate surface area is 41.0 Å². The third kappa shape index (κ3) is 5.45. The molecule has 0 aliphatic carbocycles. The maximum absolute atomic E-state index is 9.52. The van der Waals surface area contributed by atoms with Crippen molar-refractivity contribution in [3.8, 4) is 0 Å².